The van der Waals surface area contributed by atoms with Gasteiger partial charge in [-0.25, -0.2) is 4.98 Å². The van der Waals surface area contributed by atoms with Gasteiger partial charge in [-0.1, -0.05) is 23.9 Å². The van der Waals surface area contributed by atoms with Gasteiger partial charge in [0.1, 0.15) is 5.54 Å². The minimum atomic E-state index is -0.459. The number of nitriles is 1. The molecule has 18 heavy (non-hydrogen) atoms. The van der Waals surface area contributed by atoms with E-state index >= 15 is 0 Å². The Morgan fingerprint density at radius 1 is 1.50 bits per heavy atom. The largest absolute Gasteiger partial charge is 0.333 e. The first kappa shape index (κ1) is 12.9. The molecule has 0 aliphatic rings. The van der Waals surface area contributed by atoms with Gasteiger partial charge in [0.15, 0.2) is 5.16 Å². The summed E-state index contributed by atoms with van der Waals surface area (Å²) in [5, 5.41) is 13.0. The molecular formula is C13H16N4S. The lowest BCUT2D eigenvalue weighted by molar-refractivity contribution is 0.479. The van der Waals surface area contributed by atoms with Crippen molar-refractivity contribution in [1.29, 1.82) is 5.26 Å². The molecule has 0 saturated carbocycles. The third kappa shape index (κ3) is 2.84. The highest BCUT2D eigenvalue weighted by atomic mass is 32.2. The highest BCUT2D eigenvalue weighted by Crippen LogP contribution is 2.21. The number of hydrogen-bond donors (Lipinski definition) is 2. The van der Waals surface area contributed by atoms with Gasteiger partial charge in [-0.2, -0.15) is 5.26 Å². The van der Waals surface area contributed by atoms with E-state index in [0.29, 0.717) is 0 Å². The van der Waals surface area contributed by atoms with Crippen LogP contribution in [-0.2, 0) is 0 Å². The molecule has 1 unspecified atom stereocenters. The smallest absolute Gasteiger partial charge is 0.166 e. The Hall–Kier alpha value is -1.51. The van der Waals surface area contributed by atoms with Gasteiger partial charge in [0.2, 0.25) is 0 Å². The Bertz CT molecular complexity index is 539. The van der Waals surface area contributed by atoms with Gasteiger partial charge in [-0.05, 0) is 32.5 Å². The zero-order valence-corrected chi connectivity index (χ0v) is 11.3. The van der Waals surface area contributed by atoms with E-state index < -0.39 is 5.54 Å². The molecule has 0 aliphatic carbocycles. The van der Waals surface area contributed by atoms with Crippen molar-refractivity contribution in [1.82, 2.24) is 15.3 Å². The van der Waals surface area contributed by atoms with Gasteiger partial charge >= 0.3 is 0 Å². The summed E-state index contributed by atoms with van der Waals surface area (Å²) in [6, 6.07) is 10.3. The number of nitrogens with one attached hydrogen (secondary N) is 2. The third-order valence-electron chi connectivity index (χ3n) is 3.01. The average Bonchev–Trinajstić information content (AvgIpc) is 2.81. The molecule has 2 rings (SSSR count). The molecule has 2 N–H and O–H groups in total. The molecule has 1 aromatic carbocycles. The Kier molecular flexibility index (Phi) is 3.90. The fourth-order valence-electron chi connectivity index (χ4n) is 1.59. The number of thioether (sulfide) groups is 1. The minimum Gasteiger partial charge on any atom is -0.333 e. The predicted molar refractivity (Wildman–Crippen MR) is 74.5 cm³/mol. The van der Waals surface area contributed by atoms with Crippen molar-refractivity contribution in [3.63, 3.8) is 0 Å². The number of nitrogens with zero attached hydrogens (tertiary/aromatic N) is 2. The minimum absolute atomic E-state index is 0.459. The van der Waals surface area contributed by atoms with Crippen molar-refractivity contribution in [2.75, 3.05) is 12.8 Å². The van der Waals surface area contributed by atoms with Crippen LogP contribution in [0.15, 0.2) is 29.4 Å². The van der Waals surface area contributed by atoms with Crippen LogP contribution in [0.5, 0.6) is 0 Å². The predicted octanol–water partition coefficient (Wildman–Crippen LogP) is 2.55. The van der Waals surface area contributed by atoms with Crippen LogP contribution in [0.1, 0.15) is 13.3 Å². The van der Waals surface area contributed by atoms with E-state index in [1.807, 2.05) is 38.2 Å². The molecule has 0 aliphatic heterocycles. The van der Waals surface area contributed by atoms with Gasteiger partial charge < -0.3 is 10.3 Å². The number of imidazole rings is 1. The summed E-state index contributed by atoms with van der Waals surface area (Å²) >= 11 is 1.65. The van der Waals surface area contributed by atoms with Crippen molar-refractivity contribution in [2.45, 2.75) is 24.0 Å². The number of para-hydroxylation sites is 2. The lowest BCUT2D eigenvalue weighted by atomic mass is 10.0. The fourth-order valence-corrected chi connectivity index (χ4v) is 2.64. The number of hydrogen-bond acceptors (Lipinski definition) is 4. The number of aromatic nitrogens is 2. The summed E-state index contributed by atoms with van der Waals surface area (Å²) in [7, 11) is 1.81. The maximum Gasteiger partial charge on any atom is 0.166 e. The third-order valence-corrected chi connectivity index (χ3v) is 3.88. The van der Waals surface area contributed by atoms with E-state index in [-0.39, 0.29) is 0 Å². The summed E-state index contributed by atoms with van der Waals surface area (Å²) in [4.78, 5) is 7.75. The molecule has 94 valence electrons. The van der Waals surface area contributed by atoms with Crippen LogP contribution in [0.2, 0.25) is 0 Å². The standard InChI is InChI=1S/C13H16N4S/c1-13(9-14,15-2)7-8-18-12-16-10-5-3-4-6-11(10)17-12/h3-6,15H,7-8H2,1-2H3,(H,16,17). The molecule has 0 radical (unpaired) electrons. The van der Waals surface area contributed by atoms with Crippen LogP contribution >= 0.6 is 11.8 Å². The zero-order chi connectivity index (χ0) is 13.0. The van der Waals surface area contributed by atoms with E-state index in [4.69, 9.17) is 5.26 Å². The average molecular weight is 260 g/mol. The Morgan fingerprint density at radius 2 is 2.28 bits per heavy atom. The van der Waals surface area contributed by atoms with Gasteiger partial charge in [0, 0.05) is 5.75 Å². The van der Waals surface area contributed by atoms with Gasteiger partial charge in [0.05, 0.1) is 17.1 Å². The van der Waals surface area contributed by atoms with Crippen LogP contribution in [0, 0.1) is 11.3 Å². The van der Waals surface area contributed by atoms with Crippen molar-refractivity contribution in [2.24, 2.45) is 0 Å². The summed E-state index contributed by atoms with van der Waals surface area (Å²) in [6.45, 7) is 1.91. The summed E-state index contributed by atoms with van der Waals surface area (Å²) in [5.74, 6) is 0.852. The SMILES string of the molecule is CNC(C)(C#N)CCSc1nc2ccccc2[nH]1. The molecule has 1 heterocycles. The van der Waals surface area contributed by atoms with E-state index in [1.54, 1.807) is 11.8 Å². The van der Waals surface area contributed by atoms with Crippen molar-refractivity contribution in [3.05, 3.63) is 24.3 Å². The normalized spacial score (nSPS) is 14.3. The van der Waals surface area contributed by atoms with Crippen LogP contribution in [0.3, 0.4) is 0 Å². The maximum absolute atomic E-state index is 9.05. The molecular weight excluding hydrogens is 244 g/mol. The topological polar surface area (TPSA) is 64.5 Å². The molecule has 0 amide bonds. The quantitative estimate of drug-likeness (QED) is 0.811. The molecule has 4 nitrogen and oxygen atoms in total. The summed E-state index contributed by atoms with van der Waals surface area (Å²) < 4.78 is 0. The van der Waals surface area contributed by atoms with E-state index in [2.05, 4.69) is 21.4 Å². The Morgan fingerprint density at radius 3 is 2.94 bits per heavy atom. The first-order chi connectivity index (χ1) is 8.67. The molecule has 5 heteroatoms. The van der Waals surface area contributed by atoms with Crippen LogP contribution in [0.4, 0.5) is 0 Å². The lowest BCUT2D eigenvalue weighted by Crippen LogP contribution is -2.38. The van der Waals surface area contributed by atoms with Crippen molar-refractivity contribution in [3.8, 4) is 6.07 Å². The van der Waals surface area contributed by atoms with Crippen molar-refractivity contribution < 1.29 is 0 Å². The molecule has 0 bridgehead atoms. The number of fused-ring (bicyclic) bond motifs is 1. The van der Waals surface area contributed by atoms with E-state index in [9.17, 15) is 0 Å². The molecule has 1 atom stereocenters. The zero-order valence-electron chi connectivity index (χ0n) is 10.5. The van der Waals surface area contributed by atoms with E-state index in [1.165, 1.54) is 0 Å². The Balaban J connectivity index is 1.97. The lowest BCUT2D eigenvalue weighted by Gasteiger charge is -2.19. The summed E-state index contributed by atoms with van der Waals surface area (Å²) in [6.07, 6.45) is 0.779. The monoisotopic (exact) mass is 260 g/mol. The molecule has 0 spiro atoms. The fraction of sp³-hybridized carbons (Fsp3) is 0.385. The van der Waals surface area contributed by atoms with Crippen LogP contribution in [0.25, 0.3) is 11.0 Å². The highest BCUT2D eigenvalue weighted by Gasteiger charge is 2.20. The van der Waals surface area contributed by atoms with Crippen molar-refractivity contribution >= 4 is 22.8 Å². The second-order valence-electron chi connectivity index (χ2n) is 4.35. The van der Waals surface area contributed by atoms with Gasteiger partial charge in [-0.15, -0.1) is 0 Å². The molecule has 1 aromatic heterocycles. The number of aromatic amines is 1. The first-order valence-corrected chi connectivity index (χ1v) is 6.83. The molecule has 0 fully saturated rings. The van der Waals surface area contributed by atoms with Crippen LogP contribution in [-0.4, -0.2) is 28.3 Å². The highest BCUT2D eigenvalue weighted by molar-refractivity contribution is 7.99. The van der Waals surface area contributed by atoms with Gasteiger partial charge in [-0.3, -0.25) is 0 Å². The molecule has 2 aromatic rings. The molecule has 0 saturated heterocycles. The Labute approximate surface area is 111 Å². The second-order valence-corrected chi connectivity index (χ2v) is 5.44. The summed E-state index contributed by atoms with van der Waals surface area (Å²) in [5.41, 5.74) is 1.58. The number of benzene rings is 1. The number of H-pyrrole nitrogens is 1. The van der Waals surface area contributed by atoms with E-state index in [0.717, 1.165) is 28.4 Å². The second kappa shape index (κ2) is 5.42. The van der Waals surface area contributed by atoms with Gasteiger partial charge in [0.25, 0.3) is 0 Å². The first-order valence-electron chi connectivity index (χ1n) is 5.84. The van der Waals surface area contributed by atoms with Crippen LogP contribution < -0.4 is 5.32 Å². The maximum atomic E-state index is 9.05. The number of rotatable bonds is 5.